The molecule has 0 unspecified atom stereocenters. The first-order valence-electron chi connectivity index (χ1n) is 7.30. The summed E-state index contributed by atoms with van der Waals surface area (Å²) in [5, 5.41) is 0.914. The number of carbonyl (C=O) groups excluding carboxylic acids is 1. The molecule has 1 aromatic carbocycles. The Morgan fingerprint density at radius 2 is 2.05 bits per heavy atom. The molecule has 20 heavy (non-hydrogen) atoms. The smallest absolute Gasteiger partial charge is 0.256 e. The molecule has 1 heterocycles. The summed E-state index contributed by atoms with van der Waals surface area (Å²) in [6.45, 7) is 0. The maximum atomic E-state index is 12.7. The van der Waals surface area contributed by atoms with Gasteiger partial charge in [0.15, 0.2) is 0 Å². The second kappa shape index (κ2) is 5.19. The Labute approximate surface area is 118 Å². The third-order valence-corrected chi connectivity index (χ3v) is 4.38. The van der Waals surface area contributed by atoms with Crippen molar-refractivity contribution in [3.63, 3.8) is 0 Å². The Bertz CT molecular complexity index is 626. The van der Waals surface area contributed by atoms with Crippen molar-refractivity contribution in [3.8, 4) is 0 Å². The van der Waals surface area contributed by atoms with E-state index in [1.54, 1.807) is 6.20 Å². The summed E-state index contributed by atoms with van der Waals surface area (Å²) in [7, 11) is 1.92. The summed E-state index contributed by atoms with van der Waals surface area (Å²) >= 11 is 0. The zero-order valence-electron chi connectivity index (χ0n) is 11.9. The first-order valence-corrected chi connectivity index (χ1v) is 7.30. The lowest BCUT2D eigenvalue weighted by Gasteiger charge is -2.31. The SMILES string of the molecule is CN(C(=O)c1c[nH]c2ccc(N)cc12)C1CCCCC1. The lowest BCUT2D eigenvalue weighted by Crippen LogP contribution is -2.38. The van der Waals surface area contributed by atoms with Gasteiger partial charge in [0, 0.05) is 35.9 Å². The molecule has 0 radical (unpaired) electrons. The van der Waals surface area contributed by atoms with Crippen molar-refractivity contribution in [2.24, 2.45) is 0 Å². The Balaban J connectivity index is 1.89. The van der Waals surface area contributed by atoms with Gasteiger partial charge in [0.05, 0.1) is 5.56 Å². The summed E-state index contributed by atoms with van der Waals surface area (Å²) in [6.07, 6.45) is 7.78. The monoisotopic (exact) mass is 271 g/mol. The lowest BCUT2D eigenvalue weighted by atomic mass is 9.94. The van der Waals surface area contributed by atoms with Crippen molar-refractivity contribution >= 4 is 22.5 Å². The molecule has 0 saturated heterocycles. The number of amides is 1. The minimum absolute atomic E-state index is 0.0914. The molecule has 1 saturated carbocycles. The van der Waals surface area contributed by atoms with Gasteiger partial charge in [0.2, 0.25) is 0 Å². The summed E-state index contributed by atoms with van der Waals surface area (Å²) in [4.78, 5) is 17.8. The molecule has 4 nitrogen and oxygen atoms in total. The van der Waals surface area contributed by atoms with Crippen LogP contribution in [0.15, 0.2) is 24.4 Å². The third kappa shape index (κ3) is 2.26. The summed E-state index contributed by atoms with van der Waals surface area (Å²) in [6, 6.07) is 6.01. The molecular formula is C16H21N3O. The molecule has 3 rings (SSSR count). The number of hydrogen-bond acceptors (Lipinski definition) is 2. The van der Waals surface area contributed by atoms with E-state index in [1.165, 1.54) is 19.3 Å². The highest BCUT2D eigenvalue weighted by atomic mass is 16.2. The van der Waals surface area contributed by atoms with Crippen LogP contribution in [0.3, 0.4) is 0 Å². The Morgan fingerprint density at radius 3 is 2.80 bits per heavy atom. The van der Waals surface area contributed by atoms with Gasteiger partial charge in [0.25, 0.3) is 5.91 Å². The predicted molar refractivity (Wildman–Crippen MR) is 81.7 cm³/mol. The minimum atomic E-state index is 0.0914. The van der Waals surface area contributed by atoms with E-state index in [0.29, 0.717) is 11.7 Å². The van der Waals surface area contributed by atoms with Crippen LogP contribution in [0.25, 0.3) is 10.9 Å². The van der Waals surface area contributed by atoms with Gasteiger partial charge in [-0.2, -0.15) is 0 Å². The molecule has 0 spiro atoms. The van der Waals surface area contributed by atoms with Crippen LogP contribution in [-0.4, -0.2) is 28.9 Å². The molecule has 1 aliphatic rings. The molecule has 1 aliphatic carbocycles. The second-order valence-corrected chi connectivity index (χ2v) is 5.72. The number of nitrogens with two attached hydrogens (primary N) is 1. The third-order valence-electron chi connectivity index (χ3n) is 4.38. The van der Waals surface area contributed by atoms with Gasteiger partial charge < -0.3 is 15.6 Å². The molecule has 3 N–H and O–H groups in total. The zero-order chi connectivity index (χ0) is 14.1. The van der Waals surface area contributed by atoms with Crippen molar-refractivity contribution in [2.75, 3.05) is 12.8 Å². The molecule has 1 amide bonds. The maximum Gasteiger partial charge on any atom is 0.256 e. The minimum Gasteiger partial charge on any atom is -0.399 e. The normalized spacial score (nSPS) is 16.4. The summed E-state index contributed by atoms with van der Waals surface area (Å²) in [5.74, 6) is 0.0914. The second-order valence-electron chi connectivity index (χ2n) is 5.72. The number of hydrogen-bond donors (Lipinski definition) is 2. The number of nitrogens with zero attached hydrogens (tertiary/aromatic N) is 1. The van der Waals surface area contributed by atoms with Gasteiger partial charge in [-0.15, -0.1) is 0 Å². The number of fused-ring (bicyclic) bond motifs is 1. The lowest BCUT2D eigenvalue weighted by molar-refractivity contribution is 0.0698. The zero-order valence-corrected chi connectivity index (χ0v) is 11.9. The van der Waals surface area contributed by atoms with Gasteiger partial charge in [0.1, 0.15) is 0 Å². The number of aromatic amines is 1. The van der Waals surface area contributed by atoms with E-state index in [-0.39, 0.29) is 5.91 Å². The number of nitrogen functional groups attached to an aromatic ring is 1. The van der Waals surface area contributed by atoms with E-state index in [9.17, 15) is 4.79 Å². The molecule has 106 valence electrons. The van der Waals surface area contributed by atoms with E-state index in [1.807, 2.05) is 30.1 Å². The molecule has 4 heteroatoms. The average Bonchev–Trinajstić information content (AvgIpc) is 2.89. The Morgan fingerprint density at radius 1 is 1.30 bits per heavy atom. The van der Waals surface area contributed by atoms with Crippen molar-refractivity contribution in [3.05, 3.63) is 30.0 Å². The van der Waals surface area contributed by atoms with Gasteiger partial charge in [-0.3, -0.25) is 4.79 Å². The summed E-state index contributed by atoms with van der Waals surface area (Å²) < 4.78 is 0. The Hall–Kier alpha value is -1.97. The van der Waals surface area contributed by atoms with Gasteiger partial charge >= 0.3 is 0 Å². The van der Waals surface area contributed by atoms with Crippen molar-refractivity contribution < 1.29 is 4.79 Å². The maximum absolute atomic E-state index is 12.7. The molecular weight excluding hydrogens is 250 g/mol. The van der Waals surface area contributed by atoms with Crippen LogP contribution < -0.4 is 5.73 Å². The number of nitrogens with one attached hydrogen (secondary N) is 1. The van der Waals surface area contributed by atoms with Crippen molar-refractivity contribution in [2.45, 2.75) is 38.1 Å². The number of carbonyl (C=O) groups is 1. The van der Waals surface area contributed by atoms with Crippen LogP contribution in [0.4, 0.5) is 5.69 Å². The number of anilines is 1. The van der Waals surface area contributed by atoms with Crippen LogP contribution in [0.2, 0.25) is 0 Å². The predicted octanol–water partition coefficient (Wildman–Crippen LogP) is 3.15. The van der Waals surface area contributed by atoms with Crippen LogP contribution in [0.5, 0.6) is 0 Å². The molecule has 1 aromatic heterocycles. The van der Waals surface area contributed by atoms with Gasteiger partial charge in [-0.05, 0) is 31.0 Å². The largest absolute Gasteiger partial charge is 0.399 e. The Kier molecular flexibility index (Phi) is 3.38. The van der Waals surface area contributed by atoms with Crippen LogP contribution in [0, 0.1) is 0 Å². The van der Waals surface area contributed by atoms with E-state index < -0.39 is 0 Å². The van der Waals surface area contributed by atoms with Gasteiger partial charge in [-0.25, -0.2) is 0 Å². The topological polar surface area (TPSA) is 62.1 Å². The first-order chi connectivity index (χ1) is 9.66. The van der Waals surface area contributed by atoms with E-state index >= 15 is 0 Å². The molecule has 0 atom stereocenters. The number of aromatic nitrogens is 1. The molecule has 0 bridgehead atoms. The highest BCUT2D eigenvalue weighted by Gasteiger charge is 2.24. The fourth-order valence-corrected chi connectivity index (χ4v) is 3.14. The van der Waals surface area contributed by atoms with Crippen molar-refractivity contribution in [1.82, 2.24) is 9.88 Å². The van der Waals surface area contributed by atoms with Crippen LogP contribution >= 0.6 is 0 Å². The number of benzene rings is 1. The van der Waals surface area contributed by atoms with E-state index in [0.717, 1.165) is 29.3 Å². The standard InChI is InChI=1S/C16H21N3O/c1-19(12-5-3-2-4-6-12)16(20)14-10-18-15-8-7-11(17)9-13(14)15/h7-10,12,18H,2-6,17H2,1H3. The number of rotatable bonds is 2. The van der Waals surface area contributed by atoms with Gasteiger partial charge in [-0.1, -0.05) is 19.3 Å². The highest BCUT2D eigenvalue weighted by Crippen LogP contribution is 2.26. The highest BCUT2D eigenvalue weighted by molar-refractivity contribution is 6.07. The fourth-order valence-electron chi connectivity index (χ4n) is 3.14. The van der Waals surface area contributed by atoms with Crippen LogP contribution in [0.1, 0.15) is 42.5 Å². The molecule has 2 aromatic rings. The molecule has 1 fully saturated rings. The summed E-state index contributed by atoms with van der Waals surface area (Å²) in [5.41, 5.74) is 8.20. The molecule has 0 aliphatic heterocycles. The van der Waals surface area contributed by atoms with Crippen LogP contribution in [-0.2, 0) is 0 Å². The van der Waals surface area contributed by atoms with E-state index in [2.05, 4.69) is 4.98 Å². The fraction of sp³-hybridized carbons (Fsp3) is 0.438. The average molecular weight is 271 g/mol. The quantitative estimate of drug-likeness (QED) is 0.824. The first kappa shape index (κ1) is 13.0. The number of H-pyrrole nitrogens is 1. The van der Waals surface area contributed by atoms with Crippen molar-refractivity contribution in [1.29, 1.82) is 0 Å². The van der Waals surface area contributed by atoms with E-state index in [4.69, 9.17) is 5.73 Å².